The second-order valence-corrected chi connectivity index (χ2v) is 4.02. The molecule has 2 aliphatic carbocycles. The third kappa shape index (κ3) is 2.58. The van der Waals surface area contributed by atoms with Crippen LogP contribution in [0.25, 0.3) is 0 Å². The van der Waals surface area contributed by atoms with Crippen molar-refractivity contribution < 1.29 is 0 Å². The first-order valence-electron chi connectivity index (χ1n) is 5.86. The van der Waals surface area contributed by atoms with Crippen molar-refractivity contribution in [3.05, 3.63) is 48.1 Å². The monoisotopic (exact) mass is 214 g/mol. The summed E-state index contributed by atoms with van der Waals surface area (Å²) in [7, 11) is 0. The first-order chi connectivity index (χ1) is 7.92. The number of hydrogen-bond acceptors (Lipinski definition) is 2. The molecular formula is C14H18N2. The number of nitrogens with zero attached hydrogens (tertiary/aromatic N) is 1. The molecule has 1 unspecified atom stereocenters. The number of hydrogen-bond donors (Lipinski definition) is 1. The molecule has 0 saturated heterocycles. The minimum atomic E-state index is 0.370. The molecule has 0 bridgehead atoms. The predicted molar refractivity (Wildman–Crippen MR) is 69.3 cm³/mol. The van der Waals surface area contributed by atoms with Crippen molar-refractivity contribution in [3.63, 3.8) is 0 Å². The van der Waals surface area contributed by atoms with Crippen LogP contribution in [0.15, 0.2) is 53.1 Å². The van der Waals surface area contributed by atoms with Crippen LogP contribution in [0.3, 0.4) is 0 Å². The molecule has 0 radical (unpaired) electrons. The highest BCUT2D eigenvalue weighted by atomic mass is 14.9. The molecule has 0 aromatic rings. The standard InChI is InChI=1S/C14H18N2/c15-11-16-14(12-7-3-1-4-8-12)13-9-5-2-6-10-13/h1,3-5,7,9-10,12H,2,6,8,11,15H2/b16-14+. The summed E-state index contributed by atoms with van der Waals surface area (Å²) in [5, 5.41) is 0. The lowest BCUT2D eigenvalue weighted by atomic mass is 9.88. The fourth-order valence-electron chi connectivity index (χ4n) is 2.11. The Labute approximate surface area is 96.9 Å². The van der Waals surface area contributed by atoms with Crippen molar-refractivity contribution >= 4 is 5.71 Å². The lowest BCUT2D eigenvalue weighted by Gasteiger charge is -2.18. The van der Waals surface area contributed by atoms with Gasteiger partial charge in [-0.1, -0.05) is 42.5 Å². The summed E-state index contributed by atoms with van der Waals surface area (Å²) in [4.78, 5) is 4.46. The van der Waals surface area contributed by atoms with E-state index in [4.69, 9.17) is 5.73 Å². The molecule has 0 spiro atoms. The Balaban J connectivity index is 2.20. The van der Waals surface area contributed by atoms with Gasteiger partial charge < -0.3 is 5.73 Å². The van der Waals surface area contributed by atoms with Crippen molar-refractivity contribution in [2.45, 2.75) is 19.3 Å². The molecule has 84 valence electrons. The van der Waals surface area contributed by atoms with Gasteiger partial charge in [-0.15, -0.1) is 0 Å². The highest BCUT2D eigenvalue weighted by molar-refractivity contribution is 6.05. The molecule has 0 fully saturated rings. The van der Waals surface area contributed by atoms with Crippen LogP contribution in [0.4, 0.5) is 0 Å². The number of nitrogens with two attached hydrogens (primary N) is 1. The van der Waals surface area contributed by atoms with E-state index in [2.05, 4.69) is 47.5 Å². The fraction of sp³-hybridized carbons (Fsp3) is 0.357. The molecule has 2 heteroatoms. The first-order valence-corrected chi connectivity index (χ1v) is 5.86. The number of allylic oxidation sites excluding steroid dienone is 8. The van der Waals surface area contributed by atoms with Gasteiger partial charge >= 0.3 is 0 Å². The summed E-state index contributed by atoms with van der Waals surface area (Å²) in [6, 6.07) is 0. The van der Waals surface area contributed by atoms with Gasteiger partial charge in [0, 0.05) is 5.92 Å². The minimum absolute atomic E-state index is 0.370. The molecule has 0 saturated carbocycles. The summed E-state index contributed by atoms with van der Waals surface area (Å²) < 4.78 is 0. The zero-order chi connectivity index (χ0) is 11.2. The van der Waals surface area contributed by atoms with E-state index in [1.54, 1.807) is 0 Å². The first kappa shape index (κ1) is 11.1. The van der Waals surface area contributed by atoms with Crippen LogP contribution in [-0.2, 0) is 0 Å². The molecule has 2 aliphatic rings. The van der Waals surface area contributed by atoms with E-state index >= 15 is 0 Å². The van der Waals surface area contributed by atoms with E-state index < -0.39 is 0 Å². The van der Waals surface area contributed by atoms with E-state index in [-0.39, 0.29) is 0 Å². The van der Waals surface area contributed by atoms with Gasteiger partial charge in [-0.25, -0.2) is 0 Å². The van der Waals surface area contributed by atoms with E-state index in [1.807, 2.05) is 0 Å². The average Bonchev–Trinajstić information content (AvgIpc) is 2.38. The zero-order valence-corrected chi connectivity index (χ0v) is 9.47. The van der Waals surface area contributed by atoms with Crippen molar-refractivity contribution in [3.8, 4) is 0 Å². The van der Waals surface area contributed by atoms with Crippen LogP contribution >= 0.6 is 0 Å². The second-order valence-electron chi connectivity index (χ2n) is 4.02. The van der Waals surface area contributed by atoms with Gasteiger partial charge in [0.1, 0.15) is 0 Å². The molecule has 2 N–H and O–H groups in total. The van der Waals surface area contributed by atoms with E-state index in [1.165, 1.54) is 5.57 Å². The number of rotatable bonds is 3. The highest BCUT2D eigenvalue weighted by Crippen LogP contribution is 2.22. The summed E-state index contributed by atoms with van der Waals surface area (Å²) in [5.74, 6) is 0.391. The number of aliphatic imine (C=N–C) groups is 1. The van der Waals surface area contributed by atoms with Gasteiger partial charge in [0.05, 0.1) is 12.4 Å². The third-order valence-corrected chi connectivity index (χ3v) is 2.88. The van der Waals surface area contributed by atoms with Crippen LogP contribution in [-0.4, -0.2) is 12.4 Å². The largest absolute Gasteiger partial charge is 0.312 e. The molecule has 0 heterocycles. The second kappa shape index (κ2) is 5.61. The SMILES string of the molecule is NC/N=C(/C1=CCCC=C1)C1C=CC=CC1. The minimum Gasteiger partial charge on any atom is -0.312 e. The van der Waals surface area contributed by atoms with E-state index in [0.717, 1.165) is 25.0 Å². The maximum Gasteiger partial charge on any atom is 0.0863 e. The van der Waals surface area contributed by atoms with Crippen molar-refractivity contribution in [2.24, 2.45) is 16.6 Å². The van der Waals surface area contributed by atoms with Crippen molar-refractivity contribution in [1.29, 1.82) is 0 Å². The van der Waals surface area contributed by atoms with Crippen LogP contribution in [0.2, 0.25) is 0 Å². The fourth-order valence-corrected chi connectivity index (χ4v) is 2.11. The highest BCUT2D eigenvalue weighted by Gasteiger charge is 2.16. The maximum atomic E-state index is 5.56. The van der Waals surface area contributed by atoms with Crippen LogP contribution in [0, 0.1) is 5.92 Å². The Morgan fingerprint density at radius 3 is 2.88 bits per heavy atom. The van der Waals surface area contributed by atoms with Gasteiger partial charge in [0.15, 0.2) is 0 Å². The molecule has 0 aromatic heterocycles. The Kier molecular flexibility index (Phi) is 3.89. The zero-order valence-electron chi connectivity index (χ0n) is 9.47. The molecule has 16 heavy (non-hydrogen) atoms. The maximum absolute atomic E-state index is 5.56. The summed E-state index contributed by atoms with van der Waals surface area (Å²) >= 11 is 0. The quantitative estimate of drug-likeness (QED) is 0.721. The summed E-state index contributed by atoms with van der Waals surface area (Å²) in [5.41, 5.74) is 7.95. The van der Waals surface area contributed by atoms with Gasteiger partial charge in [0.25, 0.3) is 0 Å². The Morgan fingerprint density at radius 1 is 1.31 bits per heavy atom. The Morgan fingerprint density at radius 2 is 2.25 bits per heavy atom. The molecular weight excluding hydrogens is 196 g/mol. The van der Waals surface area contributed by atoms with Crippen molar-refractivity contribution in [2.75, 3.05) is 6.67 Å². The molecule has 1 atom stereocenters. The van der Waals surface area contributed by atoms with E-state index in [9.17, 15) is 0 Å². The molecule has 0 amide bonds. The van der Waals surface area contributed by atoms with Gasteiger partial charge in [-0.2, -0.15) is 0 Å². The van der Waals surface area contributed by atoms with Crippen LogP contribution in [0.5, 0.6) is 0 Å². The Bertz CT molecular complexity index is 384. The lowest BCUT2D eigenvalue weighted by molar-refractivity contribution is 0.853. The van der Waals surface area contributed by atoms with Crippen LogP contribution in [0.1, 0.15) is 19.3 Å². The molecule has 2 nitrogen and oxygen atoms in total. The molecule has 2 rings (SSSR count). The van der Waals surface area contributed by atoms with Crippen LogP contribution < -0.4 is 5.73 Å². The molecule has 0 aliphatic heterocycles. The molecule has 0 aromatic carbocycles. The third-order valence-electron chi connectivity index (χ3n) is 2.88. The van der Waals surface area contributed by atoms with Gasteiger partial charge in [-0.05, 0) is 24.8 Å². The lowest BCUT2D eigenvalue weighted by Crippen LogP contribution is -2.17. The Hall–Kier alpha value is -1.41. The normalized spacial score (nSPS) is 24.7. The predicted octanol–water partition coefficient (Wildman–Crippen LogP) is 2.75. The van der Waals surface area contributed by atoms with E-state index in [0.29, 0.717) is 12.6 Å². The smallest absolute Gasteiger partial charge is 0.0863 e. The van der Waals surface area contributed by atoms with Gasteiger partial charge in [-0.3, -0.25) is 4.99 Å². The summed E-state index contributed by atoms with van der Waals surface area (Å²) in [6.45, 7) is 0.370. The topological polar surface area (TPSA) is 38.4 Å². The van der Waals surface area contributed by atoms with Crippen molar-refractivity contribution in [1.82, 2.24) is 0 Å². The summed E-state index contributed by atoms with van der Waals surface area (Å²) in [6.07, 6.45) is 18.5. The average molecular weight is 214 g/mol. The van der Waals surface area contributed by atoms with Gasteiger partial charge in [0.2, 0.25) is 0 Å².